The third kappa shape index (κ3) is 5.89. The van der Waals surface area contributed by atoms with Gasteiger partial charge in [0, 0.05) is 0 Å². The molecule has 0 aliphatic rings. The van der Waals surface area contributed by atoms with E-state index in [1.54, 1.807) is 18.2 Å². The molecule has 116 valence electrons. The van der Waals surface area contributed by atoms with Crippen molar-refractivity contribution in [3.63, 3.8) is 0 Å². The highest BCUT2D eigenvalue weighted by Gasteiger charge is 2.21. The number of carboxylic acids is 1. The fourth-order valence-electron chi connectivity index (χ4n) is 1.62. The van der Waals surface area contributed by atoms with Gasteiger partial charge in [-0.1, -0.05) is 29.3 Å². The molecule has 0 saturated heterocycles. The van der Waals surface area contributed by atoms with Gasteiger partial charge in [0.05, 0.1) is 22.2 Å². The molecule has 0 aliphatic heterocycles. The fourth-order valence-corrected chi connectivity index (χ4v) is 2.11. The van der Waals surface area contributed by atoms with Crippen LogP contribution < -0.4 is 16.4 Å². The second-order valence-electron chi connectivity index (χ2n) is 4.34. The monoisotopic (exact) mass is 333 g/mol. The zero-order chi connectivity index (χ0) is 15.8. The molecule has 1 rings (SSSR count). The van der Waals surface area contributed by atoms with Crippen LogP contribution in [-0.4, -0.2) is 36.1 Å². The molecule has 1 aromatic rings. The fraction of sp³-hybridized carbons (Fsp3) is 0.385. The molecule has 0 heterocycles. The summed E-state index contributed by atoms with van der Waals surface area (Å²) in [5.41, 5.74) is 5.61. The van der Waals surface area contributed by atoms with Crippen molar-refractivity contribution in [2.75, 3.05) is 18.4 Å². The van der Waals surface area contributed by atoms with E-state index in [0.717, 1.165) is 0 Å². The lowest BCUT2D eigenvalue weighted by atomic mass is 10.2. The van der Waals surface area contributed by atoms with Gasteiger partial charge in [-0.2, -0.15) is 0 Å². The highest BCUT2D eigenvalue weighted by molar-refractivity contribution is 6.39. The zero-order valence-corrected chi connectivity index (χ0v) is 12.7. The van der Waals surface area contributed by atoms with E-state index >= 15 is 0 Å². The highest BCUT2D eigenvalue weighted by atomic mass is 35.5. The third-order valence-electron chi connectivity index (χ3n) is 2.69. The number of carbonyl (C=O) groups excluding carboxylic acids is 1. The second kappa shape index (κ2) is 8.84. The van der Waals surface area contributed by atoms with E-state index in [1.165, 1.54) is 0 Å². The van der Waals surface area contributed by atoms with Crippen LogP contribution in [0.3, 0.4) is 0 Å². The van der Waals surface area contributed by atoms with Gasteiger partial charge in [0.1, 0.15) is 6.04 Å². The van der Waals surface area contributed by atoms with Crippen LogP contribution in [0.15, 0.2) is 18.2 Å². The Bertz CT molecular complexity index is 491. The molecule has 8 heteroatoms. The van der Waals surface area contributed by atoms with Crippen LogP contribution in [0, 0.1) is 0 Å². The van der Waals surface area contributed by atoms with Crippen molar-refractivity contribution in [3.05, 3.63) is 28.2 Å². The molecule has 0 saturated carbocycles. The number of halogens is 2. The van der Waals surface area contributed by atoms with Crippen LogP contribution >= 0.6 is 23.2 Å². The minimum absolute atomic E-state index is 0.235. The Hall–Kier alpha value is -1.34. The van der Waals surface area contributed by atoms with E-state index in [1.807, 2.05) is 0 Å². The Labute approximate surface area is 132 Å². The van der Waals surface area contributed by atoms with Crippen LogP contribution in [-0.2, 0) is 9.59 Å². The summed E-state index contributed by atoms with van der Waals surface area (Å²) in [7, 11) is 0. The maximum atomic E-state index is 11.9. The molecule has 1 amide bonds. The van der Waals surface area contributed by atoms with Crippen LogP contribution in [0.1, 0.15) is 12.8 Å². The number of hydrogen-bond acceptors (Lipinski definition) is 4. The molecule has 1 aromatic carbocycles. The number of amides is 1. The summed E-state index contributed by atoms with van der Waals surface area (Å²) in [6.07, 6.45) is 0.392. The number of nitrogens with one attached hydrogen (secondary N) is 2. The normalized spacial score (nSPS) is 12.0. The van der Waals surface area contributed by atoms with Gasteiger partial charge >= 0.3 is 5.97 Å². The SMILES string of the molecule is NCCCN[C@@H](CC(=O)Nc1c(Cl)cccc1Cl)C(=O)O. The van der Waals surface area contributed by atoms with Crippen molar-refractivity contribution < 1.29 is 14.7 Å². The first kappa shape index (κ1) is 17.7. The molecular formula is C13H17Cl2N3O3. The molecular weight excluding hydrogens is 317 g/mol. The average molecular weight is 334 g/mol. The number of benzene rings is 1. The van der Waals surface area contributed by atoms with E-state index in [0.29, 0.717) is 29.6 Å². The van der Waals surface area contributed by atoms with Crippen molar-refractivity contribution in [2.45, 2.75) is 18.9 Å². The number of rotatable bonds is 8. The lowest BCUT2D eigenvalue weighted by Crippen LogP contribution is -2.40. The number of hydrogen-bond donors (Lipinski definition) is 4. The van der Waals surface area contributed by atoms with Gasteiger partial charge in [0.25, 0.3) is 0 Å². The first-order chi connectivity index (χ1) is 9.95. The minimum Gasteiger partial charge on any atom is -0.480 e. The molecule has 5 N–H and O–H groups in total. The maximum Gasteiger partial charge on any atom is 0.321 e. The summed E-state index contributed by atoms with van der Waals surface area (Å²) in [4.78, 5) is 23.0. The smallest absolute Gasteiger partial charge is 0.321 e. The largest absolute Gasteiger partial charge is 0.480 e. The topological polar surface area (TPSA) is 104 Å². The van der Waals surface area contributed by atoms with Gasteiger partial charge in [-0.25, -0.2) is 0 Å². The highest BCUT2D eigenvalue weighted by Crippen LogP contribution is 2.29. The molecule has 0 spiro atoms. The molecule has 0 bridgehead atoms. The van der Waals surface area contributed by atoms with Crippen molar-refractivity contribution in [1.82, 2.24) is 5.32 Å². The minimum atomic E-state index is -1.10. The Morgan fingerprint density at radius 3 is 2.43 bits per heavy atom. The summed E-state index contributed by atoms with van der Waals surface area (Å²) in [5.74, 6) is -1.59. The Kier molecular flexibility index (Phi) is 7.45. The number of para-hydroxylation sites is 1. The van der Waals surface area contributed by atoms with Gasteiger partial charge in [-0.3, -0.25) is 9.59 Å². The Morgan fingerprint density at radius 2 is 1.90 bits per heavy atom. The number of nitrogens with two attached hydrogens (primary N) is 1. The standard InChI is InChI=1S/C13H17Cl2N3O3/c14-8-3-1-4-9(15)12(8)18-11(19)7-10(13(20)21)17-6-2-5-16/h1,3-4,10,17H,2,5-7,16H2,(H,18,19)(H,20,21)/t10-/m0/s1. The summed E-state index contributed by atoms with van der Waals surface area (Å²) >= 11 is 11.9. The summed E-state index contributed by atoms with van der Waals surface area (Å²) in [6, 6.07) is 3.82. The Balaban J connectivity index is 2.63. The van der Waals surface area contributed by atoms with Crippen molar-refractivity contribution in [3.8, 4) is 0 Å². The molecule has 0 fully saturated rings. The Morgan fingerprint density at radius 1 is 1.29 bits per heavy atom. The van der Waals surface area contributed by atoms with Crippen molar-refractivity contribution in [2.24, 2.45) is 5.73 Å². The molecule has 0 unspecified atom stereocenters. The van der Waals surface area contributed by atoms with Crippen LogP contribution in [0.2, 0.25) is 10.0 Å². The number of anilines is 1. The van der Waals surface area contributed by atoms with Crippen molar-refractivity contribution >= 4 is 40.8 Å². The molecule has 0 radical (unpaired) electrons. The molecule has 21 heavy (non-hydrogen) atoms. The van der Waals surface area contributed by atoms with Gasteiger partial charge in [-0.05, 0) is 31.6 Å². The van der Waals surface area contributed by atoms with E-state index < -0.39 is 17.9 Å². The van der Waals surface area contributed by atoms with E-state index in [4.69, 9.17) is 34.0 Å². The lowest BCUT2D eigenvalue weighted by Gasteiger charge is -2.15. The summed E-state index contributed by atoms with van der Waals surface area (Å²) < 4.78 is 0. The predicted octanol–water partition coefficient (Wildman–Crippen LogP) is 1.71. The summed E-state index contributed by atoms with van der Waals surface area (Å²) in [5, 5.41) is 14.9. The van der Waals surface area contributed by atoms with Crippen LogP contribution in [0.25, 0.3) is 0 Å². The molecule has 1 atom stereocenters. The number of carbonyl (C=O) groups is 2. The van der Waals surface area contributed by atoms with Gasteiger partial charge in [-0.15, -0.1) is 0 Å². The van der Waals surface area contributed by atoms with Crippen molar-refractivity contribution in [1.29, 1.82) is 0 Å². The lowest BCUT2D eigenvalue weighted by molar-refractivity contribution is -0.141. The molecule has 0 aromatic heterocycles. The first-order valence-electron chi connectivity index (χ1n) is 6.35. The third-order valence-corrected chi connectivity index (χ3v) is 3.32. The number of carboxylic acid groups (broad SMARTS) is 1. The van der Waals surface area contributed by atoms with Crippen LogP contribution in [0.4, 0.5) is 5.69 Å². The molecule has 0 aliphatic carbocycles. The van der Waals surface area contributed by atoms with Gasteiger partial charge < -0.3 is 21.5 Å². The second-order valence-corrected chi connectivity index (χ2v) is 5.15. The number of aliphatic carboxylic acids is 1. The van der Waals surface area contributed by atoms with E-state index in [-0.39, 0.29) is 12.1 Å². The van der Waals surface area contributed by atoms with Crippen LogP contribution in [0.5, 0.6) is 0 Å². The van der Waals surface area contributed by atoms with Gasteiger partial charge in [0.2, 0.25) is 5.91 Å². The first-order valence-corrected chi connectivity index (χ1v) is 7.11. The maximum absolute atomic E-state index is 11.9. The summed E-state index contributed by atoms with van der Waals surface area (Å²) in [6.45, 7) is 0.869. The van der Waals surface area contributed by atoms with Gasteiger partial charge in [0.15, 0.2) is 0 Å². The predicted molar refractivity (Wildman–Crippen MR) is 82.8 cm³/mol. The van der Waals surface area contributed by atoms with E-state index in [9.17, 15) is 9.59 Å². The average Bonchev–Trinajstić information content (AvgIpc) is 2.42. The zero-order valence-electron chi connectivity index (χ0n) is 11.2. The molecule has 6 nitrogen and oxygen atoms in total. The quantitative estimate of drug-likeness (QED) is 0.542. The van der Waals surface area contributed by atoms with E-state index in [2.05, 4.69) is 10.6 Å².